The topological polar surface area (TPSA) is 20.3 Å². The van der Waals surface area contributed by atoms with Crippen molar-refractivity contribution in [3.8, 4) is 0 Å². The van der Waals surface area contributed by atoms with Crippen LogP contribution < -0.4 is 4.90 Å². The van der Waals surface area contributed by atoms with Crippen LogP contribution in [-0.4, -0.2) is 5.91 Å². The number of amides is 1. The Morgan fingerprint density at radius 3 is 1.97 bits per heavy atom. The van der Waals surface area contributed by atoms with Crippen LogP contribution in [0.2, 0.25) is 0 Å². The fraction of sp³-hybridized carbons (Fsp3) is 0.208. The van der Waals surface area contributed by atoms with Gasteiger partial charge in [-0.15, -0.1) is 0 Å². The van der Waals surface area contributed by atoms with E-state index in [0.717, 1.165) is 23.4 Å². The van der Waals surface area contributed by atoms with E-state index in [2.05, 4.69) is 0 Å². The number of carbonyl (C=O) groups is 1. The Bertz CT molecular complexity index is 1000. The molecule has 0 bridgehead atoms. The molecule has 2 unspecified atom stereocenters. The van der Waals surface area contributed by atoms with Gasteiger partial charge in [0.15, 0.2) is 0 Å². The predicted molar refractivity (Wildman–Crippen MR) is 107 cm³/mol. The normalized spacial score (nSPS) is 22.1. The number of nitrogens with zero attached hydrogens (tertiary/aromatic N) is 1. The predicted octanol–water partition coefficient (Wildman–Crippen LogP) is 6.14. The van der Waals surface area contributed by atoms with Crippen molar-refractivity contribution >= 4 is 11.6 Å². The van der Waals surface area contributed by atoms with Gasteiger partial charge in [-0.25, -0.2) is 0 Å². The summed E-state index contributed by atoms with van der Waals surface area (Å²) >= 11 is 0. The third-order valence-corrected chi connectivity index (χ3v) is 5.67. The van der Waals surface area contributed by atoms with E-state index in [1.165, 1.54) is 12.1 Å². The van der Waals surface area contributed by atoms with Crippen molar-refractivity contribution in [2.75, 3.05) is 4.90 Å². The summed E-state index contributed by atoms with van der Waals surface area (Å²) in [5.74, 6) is -0.0487. The highest BCUT2D eigenvalue weighted by atomic mass is 19.4. The van der Waals surface area contributed by atoms with Crippen molar-refractivity contribution in [2.24, 2.45) is 0 Å². The van der Waals surface area contributed by atoms with Crippen LogP contribution in [0.5, 0.6) is 0 Å². The number of hydrogen-bond acceptors (Lipinski definition) is 1. The van der Waals surface area contributed by atoms with Gasteiger partial charge in [0, 0.05) is 17.5 Å². The number of anilines is 1. The molecule has 3 aromatic rings. The van der Waals surface area contributed by atoms with E-state index in [0.29, 0.717) is 5.56 Å². The second-order valence-electron chi connectivity index (χ2n) is 7.58. The molecular weight excluding hydrogens is 375 g/mol. The molecule has 148 valence electrons. The molecule has 1 fully saturated rings. The first-order valence-electron chi connectivity index (χ1n) is 9.40. The van der Waals surface area contributed by atoms with Gasteiger partial charge in [-0.2, -0.15) is 13.2 Å². The zero-order valence-electron chi connectivity index (χ0n) is 15.9. The van der Waals surface area contributed by atoms with E-state index in [4.69, 9.17) is 0 Å². The van der Waals surface area contributed by atoms with Gasteiger partial charge >= 0.3 is 6.18 Å². The van der Waals surface area contributed by atoms with Gasteiger partial charge in [0.05, 0.1) is 11.6 Å². The fourth-order valence-electron chi connectivity index (χ4n) is 4.26. The zero-order chi connectivity index (χ0) is 20.6. The van der Waals surface area contributed by atoms with Crippen LogP contribution in [0.4, 0.5) is 18.9 Å². The number of benzene rings is 3. The first kappa shape index (κ1) is 19.2. The second-order valence-corrected chi connectivity index (χ2v) is 7.58. The standard InChI is InChI=1S/C24H20F3NO/c1-23(18-8-4-2-5-9-18)16-21(29)28(20-10-6-3-7-11-20)22(23)17-12-14-19(15-13-17)24(25,26)27/h2-15,22H,16H2,1H3. The van der Waals surface area contributed by atoms with Gasteiger partial charge in [0.2, 0.25) is 5.91 Å². The van der Waals surface area contributed by atoms with Crippen molar-refractivity contribution in [3.05, 3.63) is 102 Å². The van der Waals surface area contributed by atoms with Crippen LogP contribution in [-0.2, 0) is 16.4 Å². The monoisotopic (exact) mass is 395 g/mol. The number of carbonyl (C=O) groups excluding carboxylic acids is 1. The van der Waals surface area contributed by atoms with Crippen LogP contribution in [0, 0.1) is 0 Å². The largest absolute Gasteiger partial charge is 0.416 e. The molecule has 0 radical (unpaired) electrons. The summed E-state index contributed by atoms with van der Waals surface area (Å²) in [5.41, 5.74) is 1.13. The minimum atomic E-state index is -4.40. The Morgan fingerprint density at radius 1 is 0.862 bits per heavy atom. The Morgan fingerprint density at radius 2 is 1.41 bits per heavy atom. The molecule has 0 aromatic heterocycles. The lowest BCUT2D eigenvalue weighted by atomic mass is 9.73. The van der Waals surface area contributed by atoms with Gasteiger partial charge < -0.3 is 4.90 Å². The quantitative estimate of drug-likeness (QED) is 0.522. The Hall–Kier alpha value is -3.08. The third kappa shape index (κ3) is 3.41. The molecule has 5 heteroatoms. The lowest BCUT2D eigenvalue weighted by Gasteiger charge is -2.36. The Balaban J connectivity index is 1.86. The maximum Gasteiger partial charge on any atom is 0.416 e. The van der Waals surface area contributed by atoms with Gasteiger partial charge in [0.25, 0.3) is 0 Å². The first-order chi connectivity index (χ1) is 13.8. The smallest absolute Gasteiger partial charge is 0.304 e. The molecule has 1 amide bonds. The van der Waals surface area contributed by atoms with Gasteiger partial charge in [-0.05, 0) is 35.4 Å². The molecule has 2 atom stereocenters. The molecule has 29 heavy (non-hydrogen) atoms. The van der Waals surface area contributed by atoms with E-state index in [1.54, 1.807) is 4.90 Å². The first-order valence-corrected chi connectivity index (χ1v) is 9.40. The van der Waals surface area contributed by atoms with E-state index in [1.807, 2.05) is 67.6 Å². The second kappa shape index (κ2) is 7.07. The molecular formula is C24H20F3NO. The summed E-state index contributed by atoms with van der Waals surface area (Å²) in [4.78, 5) is 14.8. The van der Waals surface area contributed by atoms with Crippen molar-refractivity contribution in [1.29, 1.82) is 0 Å². The van der Waals surface area contributed by atoms with Gasteiger partial charge in [-0.3, -0.25) is 4.79 Å². The number of alkyl halides is 3. The summed E-state index contributed by atoms with van der Waals surface area (Å²) in [5, 5.41) is 0. The molecule has 0 spiro atoms. The number of halogens is 3. The summed E-state index contributed by atoms with van der Waals surface area (Å²) < 4.78 is 39.2. The van der Waals surface area contributed by atoms with Crippen molar-refractivity contribution in [2.45, 2.75) is 31.0 Å². The molecule has 1 saturated heterocycles. The summed E-state index contributed by atoms with van der Waals surface area (Å²) in [6.07, 6.45) is -4.12. The van der Waals surface area contributed by atoms with Crippen LogP contribution in [0.25, 0.3) is 0 Å². The van der Waals surface area contributed by atoms with Gasteiger partial charge in [-0.1, -0.05) is 67.6 Å². The molecule has 0 saturated carbocycles. The SMILES string of the molecule is CC1(c2ccccc2)CC(=O)N(c2ccccc2)C1c1ccc(C(F)(F)F)cc1. The fourth-order valence-corrected chi connectivity index (χ4v) is 4.26. The van der Waals surface area contributed by atoms with Crippen molar-refractivity contribution in [3.63, 3.8) is 0 Å². The van der Waals surface area contributed by atoms with Gasteiger partial charge in [0.1, 0.15) is 0 Å². The highest BCUT2D eigenvalue weighted by Crippen LogP contribution is 2.51. The average Bonchev–Trinajstić information content (AvgIpc) is 3.00. The molecule has 1 aliphatic rings. The molecule has 4 rings (SSSR count). The Kier molecular flexibility index (Phi) is 4.69. The summed E-state index contributed by atoms with van der Waals surface area (Å²) in [6, 6.07) is 23.7. The lowest BCUT2D eigenvalue weighted by molar-refractivity contribution is -0.137. The average molecular weight is 395 g/mol. The Labute approximate surface area is 167 Å². The molecule has 3 aromatic carbocycles. The van der Waals surface area contributed by atoms with Crippen LogP contribution in [0.1, 0.15) is 36.1 Å². The third-order valence-electron chi connectivity index (χ3n) is 5.67. The van der Waals surface area contributed by atoms with E-state index in [9.17, 15) is 18.0 Å². The lowest BCUT2D eigenvalue weighted by Crippen LogP contribution is -2.34. The van der Waals surface area contributed by atoms with Crippen LogP contribution in [0.15, 0.2) is 84.9 Å². The molecule has 0 N–H and O–H groups in total. The summed E-state index contributed by atoms with van der Waals surface area (Å²) in [6.45, 7) is 2.01. The molecule has 2 nitrogen and oxygen atoms in total. The van der Waals surface area contributed by atoms with Crippen LogP contribution in [0.3, 0.4) is 0 Å². The van der Waals surface area contributed by atoms with Crippen molar-refractivity contribution in [1.82, 2.24) is 0 Å². The molecule has 0 aliphatic carbocycles. The maximum absolute atomic E-state index is 13.1. The number of para-hydroxylation sites is 1. The molecule has 1 aliphatic heterocycles. The highest BCUT2D eigenvalue weighted by molar-refractivity contribution is 5.98. The van der Waals surface area contributed by atoms with E-state index in [-0.39, 0.29) is 12.3 Å². The minimum absolute atomic E-state index is 0.0487. The minimum Gasteiger partial charge on any atom is -0.304 e. The highest BCUT2D eigenvalue weighted by Gasteiger charge is 2.51. The van der Waals surface area contributed by atoms with Crippen LogP contribution >= 0.6 is 0 Å². The van der Waals surface area contributed by atoms with Crippen molar-refractivity contribution < 1.29 is 18.0 Å². The maximum atomic E-state index is 13.1. The van der Waals surface area contributed by atoms with E-state index >= 15 is 0 Å². The summed E-state index contributed by atoms with van der Waals surface area (Å²) in [7, 11) is 0. The number of hydrogen-bond donors (Lipinski definition) is 0. The molecule has 1 heterocycles. The van der Waals surface area contributed by atoms with E-state index < -0.39 is 23.2 Å². The number of rotatable bonds is 3. The zero-order valence-corrected chi connectivity index (χ0v) is 15.9.